The van der Waals surface area contributed by atoms with Crippen molar-refractivity contribution in [2.24, 2.45) is 0 Å². The summed E-state index contributed by atoms with van der Waals surface area (Å²) >= 11 is 3.24. The number of rotatable bonds is 8. The highest BCUT2D eigenvalue weighted by atomic mass is 32.1. The molecule has 2 amide bonds. The zero-order chi connectivity index (χ0) is 25.8. The van der Waals surface area contributed by atoms with E-state index >= 15 is 0 Å². The Balaban J connectivity index is 1.43. The Labute approximate surface area is 226 Å². The molecule has 2 aliphatic heterocycles. The number of likely N-dealkylation sites (tertiary alicyclic amines) is 1. The van der Waals surface area contributed by atoms with Crippen molar-refractivity contribution in [1.82, 2.24) is 20.0 Å². The second-order valence-corrected chi connectivity index (χ2v) is 12.0. The number of methoxy groups -OCH3 is 1. The average Bonchev–Trinajstić information content (AvgIpc) is 3.69. The van der Waals surface area contributed by atoms with Gasteiger partial charge in [-0.2, -0.15) is 0 Å². The Morgan fingerprint density at radius 1 is 1.14 bits per heavy atom. The first-order valence-corrected chi connectivity index (χ1v) is 14.5. The maximum atomic E-state index is 13.8. The van der Waals surface area contributed by atoms with Gasteiger partial charge in [-0.05, 0) is 54.6 Å². The van der Waals surface area contributed by atoms with Crippen molar-refractivity contribution in [2.45, 2.75) is 38.5 Å². The van der Waals surface area contributed by atoms with Gasteiger partial charge in [0.2, 0.25) is 5.91 Å². The third kappa shape index (κ3) is 6.06. The van der Waals surface area contributed by atoms with Gasteiger partial charge in [0, 0.05) is 61.6 Å². The van der Waals surface area contributed by atoms with E-state index in [4.69, 9.17) is 4.74 Å². The molecule has 37 heavy (non-hydrogen) atoms. The van der Waals surface area contributed by atoms with Gasteiger partial charge in [0.25, 0.3) is 5.91 Å². The molecule has 9 heteroatoms. The highest BCUT2D eigenvalue weighted by molar-refractivity contribution is 7.12. The molecule has 0 spiro atoms. The minimum atomic E-state index is -0.241. The van der Waals surface area contributed by atoms with Gasteiger partial charge in [0.05, 0.1) is 18.0 Å². The lowest BCUT2D eigenvalue weighted by Crippen LogP contribution is -2.52. The summed E-state index contributed by atoms with van der Waals surface area (Å²) in [6.45, 7) is 7.08. The van der Waals surface area contributed by atoms with E-state index < -0.39 is 0 Å². The fourth-order valence-electron chi connectivity index (χ4n) is 5.28. The summed E-state index contributed by atoms with van der Waals surface area (Å²) in [4.78, 5) is 37.0. The van der Waals surface area contributed by atoms with Crippen molar-refractivity contribution < 1.29 is 14.3 Å². The van der Waals surface area contributed by atoms with Gasteiger partial charge < -0.3 is 19.9 Å². The van der Waals surface area contributed by atoms with Crippen LogP contribution in [0.3, 0.4) is 0 Å². The zero-order valence-electron chi connectivity index (χ0n) is 21.4. The van der Waals surface area contributed by atoms with Crippen LogP contribution in [0.25, 0.3) is 0 Å². The molecule has 2 aromatic heterocycles. The quantitative estimate of drug-likeness (QED) is 0.472. The number of piperazine rings is 1. The number of hydrogen-bond acceptors (Lipinski definition) is 7. The van der Waals surface area contributed by atoms with Crippen LogP contribution in [0.2, 0.25) is 0 Å². The third-order valence-corrected chi connectivity index (χ3v) is 9.01. The van der Waals surface area contributed by atoms with E-state index in [-0.39, 0.29) is 23.9 Å². The van der Waals surface area contributed by atoms with Crippen LogP contribution in [0.4, 0.5) is 0 Å². The summed E-state index contributed by atoms with van der Waals surface area (Å²) in [5.41, 5.74) is 1.02. The largest absolute Gasteiger partial charge is 0.497 e. The predicted octanol–water partition coefficient (Wildman–Crippen LogP) is 3.84. The molecule has 0 radical (unpaired) electrons. The summed E-state index contributed by atoms with van der Waals surface area (Å²) in [5.74, 6) is 0.973. The molecule has 1 N–H and O–H groups in total. The van der Waals surface area contributed by atoms with Crippen LogP contribution in [-0.2, 0) is 17.9 Å². The fourth-order valence-corrected chi connectivity index (χ4v) is 6.87. The lowest BCUT2D eigenvalue weighted by Gasteiger charge is -2.32. The summed E-state index contributed by atoms with van der Waals surface area (Å²) in [6.07, 6.45) is 0.633. The van der Waals surface area contributed by atoms with E-state index in [2.05, 4.69) is 29.3 Å². The van der Waals surface area contributed by atoms with Gasteiger partial charge in [-0.3, -0.25) is 14.5 Å². The number of nitrogens with zero attached hydrogens (tertiary/aromatic N) is 3. The smallest absolute Gasteiger partial charge is 0.264 e. The predicted molar refractivity (Wildman–Crippen MR) is 148 cm³/mol. The van der Waals surface area contributed by atoms with Crippen molar-refractivity contribution in [1.29, 1.82) is 0 Å². The second-order valence-electron chi connectivity index (χ2n) is 9.68. The van der Waals surface area contributed by atoms with Crippen molar-refractivity contribution in [3.63, 3.8) is 0 Å². The molecule has 2 fully saturated rings. The van der Waals surface area contributed by atoms with Crippen LogP contribution in [0, 0.1) is 6.92 Å². The number of aryl methyl sites for hydroxylation is 1. The first-order chi connectivity index (χ1) is 18.0. The highest BCUT2D eigenvalue weighted by Crippen LogP contribution is 2.31. The highest BCUT2D eigenvalue weighted by Gasteiger charge is 2.42. The molecule has 3 aromatic rings. The number of ether oxygens (including phenoxy) is 1. The Hall–Kier alpha value is -2.72. The van der Waals surface area contributed by atoms with Gasteiger partial charge in [0.1, 0.15) is 5.75 Å². The van der Waals surface area contributed by atoms with Crippen LogP contribution in [-0.4, -0.2) is 78.4 Å². The SMILES string of the molecule is COc1cccc(CN(C(=O)c2cccs2)C2CC(C(=O)N3CCNCC3)N(Cc3ccc(C)s3)C2)c1. The Morgan fingerprint density at radius 3 is 2.68 bits per heavy atom. The number of thiophene rings is 2. The van der Waals surface area contributed by atoms with Gasteiger partial charge in [0.15, 0.2) is 0 Å². The average molecular weight is 539 g/mol. The standard InChI is InChI=1S/C28H34N4O3S2/c1-20-8-9-24(37-20)19-31-18-22(16-25(31)27(33)30-12-10-29-11-13-30)32(28(34)26-7-4-14-36-26)17-21-5-3-6-23(15-21)35-2/h3-9,14-15,22,25,29H,10-13,16-19H2,1-2H3. The topological polar surface area (TPSA) is 65.1 Å². The van der Waals surface area contributed by atoms with Crippen LogP contribution >= 0.6 is 22.7 Å². The maximum absolute atomic E-state index is 13.8. The third-order valence-electron chi connectivity index (χ3n) is 7.17. The van der Waals surface area contributed by atoms with E-state index in [1.807, 2.05) is 51.6 Å². The molecule has 2 atom stereocenters. The maximum Gasteiger partial charge on any atom is 0.264 e. The van der Waals surface area contributed by atoms with Gasteiger partial charge in [-0.1, -0.05) is 18.2 Å². The molecule has 0 bridgehead atoms. The molecule has 7 nitrogen and oxygen atoms in total. The monoisotopic (exact) mass is 538 g/mol. The Kier molecular flexibility index (Phi) is 8.24. The zero-order valence-corrected chi connectivity index (χ0v) is 23.0. The summed E-state index contributed by atoms with van der Waals surface area (Å²) in [5, 5.41) is 5.28. The molecule has 5 rings (SSSR count). The van der Waals surface area contributed by atoms with Crippen LogP contribution in [0.1, 0.15) is 31.4 Å². The molecule has 2 saturated heterocycles. The molecular formula is C28H34N4O3S2. The van der Waals surface area contributed by atoms with Gasteiger partial charge in [-0.25, -0.2) is 0 Å². The summed E-state index contributed by atoms with van der Waals surface area (Å²) in [7, 11) is 1.65. The van der Waals surface area contributed by atoms with Crippen LogP contribution in [0.15, 0.2) is 53.9 Å². The van der Waals surface area contributed by atoms with E-state index in [0.717, 1.165) is 48.9 Å². The van der Waals surface area contributed by atoms with Crippen LogP contribution in [0.5, 0.6) is 5.75 Å². The molecule has 196 valence electrons. The first kappa shape index (κ1) is 25.9. The van der Waals surface area contributed by atoms with Crippen molar-refractivity contribution >= 4 is 34.5 Å². The lowest BCUT2D eigenvalue weighted by atomic mass is 10.1. The second kappa shape index (κ2) is 11.8. The molecule has 0 saturated carbocycles. The normalized spacial score (nSPS) is 20.2. The van der Waals surface area contributed by atoms with E-state index in [1.54, 1.807) is 18.4 Å². The van der Waals surface area contributed by atoms with Crippen molar-refractivity contribution in [3.8, 4) is 5.75 Å². The molecule has 2 unspecified atom stereocenters. The Bertz CT molecular complexity index is 1210. The van der Waals surface area contributed by atoms with E-state index in [9.17, 15) is 9.59 Å². The number of nitrogens with one attached hydrogen (secondary N) is 1. The number of carbonyl (C=O) groups excluding carboxylic acids is 2. The number of amides is 2. The number of benzene rings is 1. The molecule has 4 heterocycles. The summed E-state index contributed by atoms with van der Waals surface area (Å²) < 4.78 is 5.43. The first-order valence-electron chi connectivity index (χ1n) is 12.8. The molecule has 0 aliphatic carbocycles. The minimum absolute atomic E-state index is 0.0185. The molecule has 2 aliphatic rings. The van der Waals surface area contributed by atoms with Crippen molar-refractivity contribution in [2.75, 3.05) is 39.8 Å². The Morgan fingerprint density at radius 2 is 1.97 bits per heavy atom. The minimum Gasteiger partial charge on any atom is -0.497 e. The summed E-state index contributed by atoms with van der Waals surface area (Å²) in [6, 6.07) is 15.7. The van der Waals surface area contributed by atoms with Gasteiger partial charge >= 0.3 is 0 Å². The molecular weight excluding hydrogens is 504 g/mol. The van der Waals surface area contributed by atoms with E-state index in [0.29, 0.717) is 19.5 Å². The van der Waals surface area contributed by atoms with Crippen molar-refractivity contribution in [3.05, 3.63) is 74.1 Å². The van der Waals surface area contributed by atoms with E-state index in [1.165, 1.54) is 21.1 Å². The van der Waals surface area contributed by atoms with Gasteiger partial charge in [-0.15, -0.1) is 22.7 Å². The van der Waals surface area contributed by atoms with Crippen LogP contribution < -0.4 is 10.1 Å². The molecule has 1 aromatic carbocycles. The number of hydrogen-bond donors (Lipinski definition) is 1. The lowest BCUT2D eigenvalue weighted by molar-refractivity contribution is -0.136. The fraction of sp³-hybridized carbons (Fsp3) is 0.429. The number of carbonyl (C=O) groups is 2.